The summed E-state index contributed by atoms with van der Waals surface area (Å²) in [6, 6.07) is 3.66. The van der Waals surface area contributed by atoms with Crippen molar-refractivity contribution in [1.82, 2.24) is 20.3 Å². The number of nitrogens with zero attached hydrogens (tertiary/aromatic N) is 2. The molecule has 0 aromatic carbocycles. The van der Waals surface area contributed by atoms with Crippen molar-refractivity contribution in [2.75, 3.05) is 5.73 Å². The quantitative estimate of drug-likeness (QED) is 0.713. The van der Waals surface area contributed by atoms with Gasteiger partial charge in [-0.2, -0.15) is 0 Å². The minimum Gasteiger partial charge on any atom is -0.384 e. The van der Waals surface area contributed by atoms with Gasteiger partial charge in [0.2, 0.25) is 0 Å². The highest BCUT2D eigenvalue weighted by atomic mass is 15.1. The van der Waals surface area contributed by atoms with E-state index < -0.39 is 0 Å². The molecule has 0 amide bonds. The van der Waals surface area contributed by atoms with Crippen LogP contribution < -0.4 is 11.1 Å². The van der Waals surface area contributed by atoms with E-state index in [1.807, 2.05) is 6.07 Å². The van der Waals surface area contributed by atoms with Crippen LogP contribution in [0.4, 0.5) is 5.82 Å². The first-order chi connectivity index (χ1) is 7.44. The van der Waals surface area contributed by atoms with E-state index in [4.69, 9.17) is 5.73 Å². The van der Waals surface area contributed by atoms with Crippen molar-refractivity contribution in [3.05, 3.63) is 18.0 Å². The summed E-state index contributed by atoms with van der Waals surface area (Å²) in [6.45, 7) is 7.05. The van der Waals surface area contributed by atoms with Crippen LogP contribution in [0.25, 0.3) is 11.2 Å². The van der Waals surface area contributed by atoms with Crippen molar-refractivity contribution in [3.63, 3.8) is 0 Å². The van der Waals surface area contributed by atoms with E-state index in [9.17, 15) is 0 Å². The number of hydrogen-bond acceptors (Lipinski definition) is 4. The Morgan fingerprint density at radius 3 is 2.75 bits per heavy atom. The van der Waals surface area contributed by atoms with Crippen LogP contribution in [-0.2, 0) is 6.54 Å². The van der Waals surface area contributed by atoms with Crippen molar-refractivity contribution >= 4 is 17.0 Å². The van der Waals surface area contributed by atoms with Crippen molar-refractivity contribution in [2.45, 2.75) is 32.9 Å². The number of nitrogen functional groups attached to an aromatic ring is 1. The van der Waals surface area contributed by atoms with E-state index in [2.05, 4.69) is 41.0 Å². The third-order valence-corrected chi connectivity index (χ3v) is 2.20. The van der Waals surface area contributed by atoms with Crippen LogP contribution in [0.5, 0.6) is 0 Å². The lowest BCUT2D eigenvalue weighted by Crippen LogP contribution is -2.35. The van der Waals surface area contributed by atoms with Gasteiger partial charge >= 0.3 is 0 Å². The zero-order valence-electron chi connectivity index (χ0n) is 9.83. The summed E-state index contributed by atoms with van der Waals surface area (Å²) >= 11 is 0. The number of fused-ring (bicyclic) bond motifs is 1. The fraction of sp³-hybridized carbons (Fsp3) is 0.455. The van der Waals surface area contributed by atoms with Gasteiger partial charge in [-0.05, 0) is 32.9 Å². The normalized spacial score (nSPS) is 12.2. The zero-order chi connectivity index (χ0) is 11.8. The van der Waals surface area contributed by atoms with Gasteiger partial charge in [-0.15, -0.1) is 0 Å². The first-order valence-corrected chi connectivity index (χ1v) is 5.30. The Morgan fingerprint density at radius 1 is 1.31 bits per heavy atom. The number of hydrogen-bond donors (Lipinski definition) is 3. The first kappa shape index (κ1) is 10.9. The number of anilines is 1. The number of pyridine rings is 1. The maximum Gasteiger partial charge on any atom is 0.179 e. The van der Waals surface area contributed by atoms with E-state index >= 15 is 0 Å². The molecule has 2 aromatic heterocycles. The highest BCUT2D eigenvalue weighted by molar-refractivity contribution is 5.72. The molecule has 0 bridgehead atoms. The Balaban J connectivity index is 2.20. The van der Waals surface area contributed by atoms with Crippen LogP contribution in [0.1, 0.15) is 26.6 Å². The van der Waals surface area contributed by atoms with Crippen LogP contribution in [0.3, 0.4) is 0 Å². The molecule has 0 atom stereocenters. The molecule has 0 spiro atoms. The molecule has 0 saturated heterocycles. The second kappa shape index (κ2) is 3.75. The third kappa shape index (κ3) is 2.49. The molecule has 2 aromatic rings. The molecule has 0 aliphatic heterocycles. The lowest BCUT2D eigenvalue weighted by molar-refractivity contribution is 0.419. The number of nitrogens with two attached hydrogens (primary N) is 1. The van der Waals surface area contributed by atoms with Gasteiger partial charge in [0.05, 0.1) is 12.1 Å². The maximum absolute atomic E-state index is 5.60. The Kier molecular flexibility index (Phi) is 2.55. The molecular formula is C11H17N5. The average Bonchev–Trinajstić information content (AvgIpc) is 2.55. The van der Waals surface area contributed by atoms with Crippen molar-refractivity contribution in [1.29, 1.82) is 0 Å². The van der Waals surface area contributed by atoms with Gasteiger partial charge in [0, 0.05) is 5.54 Å². The Morgan fingerprint density at radius 2 is 2.06 bits per heavy atom. The molecule has 5 heteroatoms. The maximum atomic E-state index is 5.60. The number of rotatable bonds is 2. The molecule has 0 radical (unpaired) electrons. The molecule has 16 heavy (non-hydrogen) atoms. The number of aromatic nitrogens is 3. The topological polar surface area (TPSA) is 79.6 Å². The molecule has 2 rings (SSSR count). The summed E-state index contributed by atoms with van der Waals surface area (Å²) in [4.78, 5) is 11.7. The SMILES string of the molecule is CC(C)(C)NCc1nc2nc(N)ccc2[nH]1. The highest BCUT2D eigenvalue weighted by Gasteiger charge is 2.10. The van der Waals surface area contributed by atoms with E-state index in [0.717, 1.165) is 11.3 Å². The van der Waals surface area contributed by atoms with Gasteiger partial charge in [0.15, 0.2) is 5.65 Å². The van der Waals surface area contributed by atoms with E-state index in [1.54, 1.807) is 6.07 Å². The summed E-state index contributed by atoms with van der Waals surface area (Å²) in [5.74, 6) is 1.37. The molecule has 0 fully saturated rings. The third-order valence-electron chi connectivity index (χ3n) is 2.20. The van der Waals surface area contributed by atoms with Gasteiger partial charge in [-0.3, -0.25) is 0 Å². The zero-order valence-corrected chi connectivity index (χ0v) is 9.83. The minimum absolute atomic E-state index is 0.0748. The predicted octanol–water partition coefficient (Wildman–Crippen LogP) is 1.43. The van der Waals surface area contributed by atoms with Gasteiger partial charge in [0.1, 0.15) is 11.6 Å². The Hall–Kier alpha value is -1.62. The molecule has 2 heterocycles. The second-order valence-electron chi connectivity index (χ2n) is 4.89. The molecule has 5 nitrogen and oxygen atoms in total. The van der Waals surface area contributed by atoms with Crippen LogP contribution in [0.2, 0.25) is 0 Å². The van der Waals surface area contributed by atoms with Crippen LogP contribution in [0, 0.1) is 0 Å². The molecule has 86 valence electrons. The summed E-state index contributed by atoms with van der Waals surface area (Å²) < 4.78 is 0. The molecule has 4 N–H and O–H groups in total. The number of H-pyrrole nitrogens is 1. The molecule has 0 unspecified atom stereocenters. The lowest BCUT2D eigenvalue weighted by Gasteiger charge is -2.19. The summed E-state index contributed by atoms with van der Waals surface area (Å²) in [7, 11) is 0. The van der Waals surface area contributed by atoms with Crippen molar-refractivity contribution in [3.8, 4) is 0 Å². The predicted molar refractivity (Wildman–Crippen MR) is 64.9 cm³/mol. The van der Waals surface area contributed by atoms with Crippen LogP contribution in [0.15, 0.2) is 12.1 Å². The Bertz CT molecular complexity index is 495. The average molecular weight is 219 g/mol. The van der Waals surface area contributed by atoms with Crippen molar-refractivity contribution in [2.24, 2.45) is 0 Å². The van der Waals surface area contributed by atoms with Crippen LogP contribution in [-0.4, -0.2) is 20.5 Å². The Labute approximate surface area is 94.5 Å². The number of imidazole rings is 1. The largest absolute Gasteiger partial charge is 0.384 e. The standard InChI is InChI=1S/C11H17N5/c1-11(2,3)13-6-9-14-7-4-5-8(12)15-10(7)16-9/h4-5,13H,6H2,1-3H3,(H3,12,14,15,16). The van der Waals surface area contributed by atoms with E-state index in [0.29, 0.717) is 18.0 Å². The summed E-state index contributed by atoms with van der Waals surface area (Å²) in [6.07, 6.45) is 0. The lowest BCUT2D eigenvalue weighted by atomic mass is 10.1. The fourth-order valence-electron chi connectivity index (χ4n) is 1.39. The minimum atomic E-state index is 0.0748. The smallest absolute Gasteiger partial charge is 0.179 e. The number of nitrogens with one attached hydrogen (secondary N) is 2. The summed E-state index contributed by atoms with van der Waals surface area (Å²) in [5.41, 5.74) is 7.26. The second-order valence-corrected chi connectivity index (χ2v) is 4.89. The molecule has 0 aliphatic rings. The van der Waals surface area contributed by atoms with Gasteiger partial charge < -0.3 is 16.0 Å². The molecular weight excluding hydrogens is 202 g/mol. The molecule has 0 saturated carbocycles. The van der Waals surface area contributed by atoms with Crippen LogP contribution >= 0.6 is 0 Å². The first-order valence-electron chi connectivity index (χ1n) is 5.30. The monoisotopic (exact) mass is 219 g/mol. The molecule has 0 aliphatic carbocycles. The number of aromatic amines is 1. The van der Waals surface area contributed by atoms with Gasteiger partial charge in [-0.25, -0.2) is 9.97 Å². The van der Waals surface area contributed by atoms with E-state index in [1.165, 1.54) is 0 Å². The summed E-state index contributed by atoms with van der Waals surface area (Å²) in [5, 5.41) is 3.36. The van der Waals surface area contributed by atoms with Gasteiger partial charge in [0.25, 0.3) is 0 Å². The van der Waals surface area contributed by atoms with Crippen molar-refractivity contribution < 1.29 is 0 Å². The highest BCUT2D eigenvalue weighted by Crippen LogP contribution is 2.11. The van der Waals surface area contributed by atoms with E-state index in [-0.39, 0.29) is 5.54 Å². The van der Waals surface area contributed by atoms with Gasteiger partial charge in [-0.1, -0.05) is 0 Å². The fourth-order valence-corrected chi connectivity index (χ4v) is 1.39.